The Morgan fingerprint density at radius 1 is 1.06 bits per heavy atom. The Morgan fingerprint density at radius 3 is 2.65 bits per heavy atom. The number of rotatable bonds is 6. The van der Waals surface area contributed by atoms with Gasteiger partial charge in [-0.3, -0.25) is 0 Å². The topological polar surface area (TPSA) is 53.2 Å². The van der Waals surface area contributed by atoms with Crippen LogP contribution in [0.1, 0.15) is 89.7 Å². The van der Waals surface area contributed by atoms with Crippen LogP contribution in [0.4, 0.5) is 0 Å². The zero-order valence-corrected chi connectivity index (χ0v) is 21.6. The lowest BCUT2D eigenvalue weighted by atomic mass is 9.48. The minimum Gasteiger partial charge on any atom is -0.387 e. The Hall–Kier alpha value is -1.37. The zero-order chi connectivity index (χ0) is 23.9. The first-order valence-corrected chi connectivity index (χ1v) is 14.2. The van der Waals surface area contributed by atoms with E-state index in [1.165, 1.54) is 50.5 Å². The average Bonchev–Trinajstić information content (AvgIpc) is 3.20. The summed E-state index contributed by atoms with van der Waals surface area (Å²) in [7, 11) is 0. The molecule has 0 aliphatic heterocycles. The monoisotopic (exact) mass is 463 g/mol. The van der Waals surface area contributed by atoms with E-state index in [0.29, 0.717) is 30.5 Å². The van der Waals surface area contributed by atoms with Crippen LogP contribution < -0.4 is 0 Å². The predicted octanol–water partition coefficient (Wildman–Crippen LogP) is 6.77. The SMILES string of the molecule is CCOC[C@@]1(O)CC[C@@H]2C3CC[C@@]4(C)C(CCC4[C@@H](C)Cc4ccccc4C#N)[C@@H]3CC[C@@H]2C1. The van der Waals surface area contributed by atoms with Crippen molar-refractivity contribution in [1.29, 1.82) is 5.26 Å². The molecule has 4 fully saturated rings. The van der Waals surface area contributed by atoms with Gasteiger partial charge in [0.25, 0.3) is 0 Å². The standard InChI is InChI=1S/C31H45NO2/c1-4-34-20-31(33)16-14-25-23(18-31)9-10-27-26(25)13-15-30(3)28(11-12-29(27)30)21(2)17-22-7-5-6-8-24(22)19-32/h5-8,21,23,25-29,33H,4,9-18,20H2,1-3H3/t21-,23+,25-,26?,27+,28?,29?,30+,31+/m0/s1. The van der Waals surface area contributed by atoms with Gasteiger partial charge >= 0.3 is 0 Å². The van der Waals surface area contributed by atoms with Gasteiger partial charge in [0.15, 0.2) is 0 Å². The third-order valence-electron chi connectivity index (χ3n) is 11.1. The van der Waals surface area contributed by atoms with Crippen LogP contribution in [0.3, 0.4) is 0 Å². The summed E-state index contributed by atoms with van der Waals surface area (Å²) in [4.78, 5) is 0. The van der Waals surface area contributed by atoms with E-state index >= 15 is 0 Å². The summed E-state index contributed by atoms with van der Waals surface area (Å²) >= 11 is 0. The largest absolute Gasteiger partial charge is 0.387 e. The molecule has 34 heavy (non-hydrogen) atoms. The fourth-order valence-electron chi connectivity index (χ4n) is 9.66. The first-order valence-electron chi connectivity index (χ1n) is 14.2. The van der Waals surface area contributed by atoms with Gasteiger partial charge < -0.3 is 9.84 Å². The van der Waals surface area contributed by atoms with Gasteiger partial charge in [-0.2, -0.15) is 5.26 Å². The number of hydrogen-bond donors (Lipinski definition) is 1. The van der Waals surface area contributed by atoms with E-state index in [1.807, 2.05) is 19.1 Å². The fraction of sp³-hybridized carbons (Fsp3) is 0.774. The Bertz CT molecular complexity index is 907. The summed E-state index contributed by atoms with van der Waals surface area (Å²) in [5.74, 6) is 5.55. The zero-order valence-electron chi connectivity index (χ0n) is 21.6. The molecule has 0 amide bonds. The molecule has 3 nitrogen and oxygen atoms in total. The van der Waals surface area contributed by atoms with Gasteiger partial charge in [-0.1, -0.05) is 32.0 Å². The maximum absolute atomic E-state index is 11.1. The molecule has 3 unspecified atom stereocenters. The third-order valence-corrected chi connectivity index (χ3v) is 11.1. The van der Waals surface area contributed by atoms with E-state index in [4.69, 9.17) is 4.74 Å². The van der Waals surface area contributed by atoms with Crippen molar-refractivity contribution in [2.75, 3.05) is 13.2 Å². The molecule has 4 aliphatic carbocycles. The van der Waals surface area contributed by atoms with Crippen molar-refractivity contribution in [1.82, 2.24) is 0 Å². The molecule has 0 radical (unpaired) electrons. The maximum atomic E-state index is 11.1. The smallest absolute Gasteiger partial charge is 0.0994 e. The molecule has 9 atom stereocenters. The average molecular weight is 464 g/mol. The number of hydrogen-bond acceptors (Lipinski definition) is 3. The second kappa shape index (κ2) is 9.59. The van der Waals surface area contributed by atoms with Gasteiger partial charge in [0, 0.05) is 6.61 Å². The molecule has 5 rings (SSSR count). The Kier molecular flexibility index (Phi) is 6.86. The summed E-state index contributed by atoms with van der Waals surface area (Å²) in [6.07, 6.45) is 12.3. The molecular formula is C31H45NO2. The normalized spacial score (nSPS) is 42.2. The highest BCUT2D eigenvalue weighted by atomic mass is 16.5. The quantitative estimate of drug-likeness (QED) is 0.506. The van der Waals surface area contributed by atoms with Crippen LogP contribution in [0.15, 0.2) is 24.3 Å². The highest BCUT2D eigenvalue weighted by molar-refractivity contribution is 5.37. The number of fused-ring (bicyclic) bond motifs is 5. The Balaban J connectivity index is 1.27. The molecule has 0 spiro atoms. The predicted molar refractivity (Wildman–Crippen MR) is 136 cm³/mol. The first-order chi connectivity index (χ1) is 16.4. The van der Waals surface area contributed by atoms with E-state index in [9.17, 15) is 10.4 Å². The molecular weight excluding hydrogens is 418 g/mol. The molecule has 0 aromatic heterocycles. The number of benzene rings is 1. The number of nitrogens with zero attached hydrogens (tertiary/aromatic N) is 1. The Morgan fingerprint density at radius 2 is 1.85 bits per heavy atom. The van der Waals surface area contributed by atoms with Crippen LogP contribution in [0.25, 0.3) is 0 Å². The van der Waals surface area contributed by atoms with Crippen molar-refractivity contribution >= 4 is 0 Å². The number of nitriles is 1. The molecule has 1 aromatic carbocycles. The third kappa shape index (κ3) is 4.24. The minimum atomic E-state index is -0.583. The minimum absolute atomic E-state index is 0.458. The molecule has 186 valence electrons. The van der Waals surface area contributed by atoms with Crippen LogP contribution in [0.5, 0.6) is 0 Å². The summed E-state index contributed by atoms with van der Waals surface area (Å²) in [5, 5.41) is 20.7. The van der Waals surface area contributed by atoms with Crippen molar-refractivity contribution in [3.63, 3.8) is 0 Å². The van der Waals surface area contributed by atoms with Crippen molar-refractivity contribution < 1.29 is 9.84 Å². The first kappa shape index (κ1) is 24.3. The van der Waals surface area contributed by atoms with Gasteiger partial charge in [0.05, 0.1) is 23.8 Å². The van der Waals surface area contributed by atoms with Crippen molar-refractivity contribution in [2.24, 2.45) is 46.8 Å². The summed E-state index contributed by atoms with van der Waals surface area (Å²) in [6, 6.07) is 10.6. The van der Waals surface area contributed by atoms with Crippen LogP contribution in [-0.2, 0) is 11.2 Å². The molecule has 4 saturated carbocycles. The Labute approximate surface area is 207 Å². The van der Waals surface area contributed by atoms with Gasteiger partial charge in [-0.25, -0.2) is 0 Å². The molecule has 4 aliphatic rings. The lowest BCUT2D eigenvalue weighted by Gasteiger charge is -2.57. The van der Waals surface area contributed by atoms with E-state index < -0.39 is 5.60 Å². The molecule has 0 saturated heterocycles. The lowest BCUT2D eigenvalue weighted by Crippen LogP contribution is -2.52. The fourth-order valence-corrected chi connectivity index (χ4v) is 9.66. The summed E-state index contributed by atoms with van der Waals surface area (Å²) < 4.78 is 5.66. The van der Waals surface area contributed by atoms with E-state index in [0.717, 1.165) is 54.4 Å². The van der Waals surface area contributed by atoms with Crippen LogP contribution >= 0.6 is 0 Å². The van der Waals surface area contributed by atoms with Gasteiger partial charge in [-0.15, -0.1) is 0 Å². The second-order valence-corrected chi connectivity index (χ2v) is 12.7. The molecule has 1 N–H and O–H groups in total. The van der Waals surface area contributed by atoms with Crippen LogP contribution in [0.2, 0.25) is 0 Å². The van der Waals surface area contributed by atoms with Gasteiger partial charge in [0.1, 0.15) is 0 Å². The van der Waals surface area contributed by atoms with Crippen molar-refractivity contribution in [2.45, 2.75) is 90.6 Å². The van der Waals surface area contributed by atoms with E-state index in [2.05, 4.69) is 32.0 Å². The van der Waals surface area contributed by atoms with Gasteiger partial charge in [0.2, 0.25) is 0 Å². The van der Waals surface area contributed by atoms with Crippen molar-refractivity contribution in [3.05, 3.63) is 35.4 Å². The lowest BCUT2D eigenvalue weighted by molar-refractivity contribution is -0.129. The molecule has 0 bridgehead atoms. The second-order valence-electron chi connectivity index (χ2n) is 12.7. The van der Waals surface area contributed by atoms with E-state index in [1.54, 1.807) is 0 Å². The maximum Gasteiger partial charge on any atom is 0.0994 e. The van der Waals surface area contributed by atoms with E-state index in [-0.39, 0.29) is 0 Å². The number of aliphatic hydroxyl groups is 1. The highest BCUT2D eigenvalue weighted by Crippen LogP contribution is 2.65. The van der Waals surface area contributed by atoms with Crippen LogP contribution in [-0.4, -0.2) is 23.9 Å². The van der Waals surface area contributed by atoms with Crippen LogP contribution in [0, 0.1) is 58.2 Å². The molecule has 1 aromatic rings. The van der Waals surface area contributed by atoms with Crippen molar-refractivity contribution in [3.8, 4) is 6.07 Å². The summed E-state index contributed by atoms with van der Waals surface area (Å²) in [5.41, 5.74) is 1.97. The van der Waals surface area contributed by atoms with Gasteiger partial charge in [-0.05, 0) is 130 Å². The number of ether oxygens (including phenoxy) is 1. The molecule has 3 heteroatoms. The molecule has 0 heterocycles. The summed E-state index contributed by atoms with van der Waals surface area (Å²) in [6.45, 7) is 8.33. The highest BCUT2D eigenvalue weighted by Gasteiger charge is 2.58.